The molecule has 1 unspecified atom stereocenters. The molecule has 0 spiro atoms. The van der Waals surface area contributed by atoms with Gasteiger partial charge in [0.2, 0.25) is 11.8 Å². The van der Waals surface area contributed by atoms with E-state index in [9.17, 15) is 9.18 Å². The molecule has 6 rings (SSSR count). The maximum absolute atomic E-state index is 13.4. The zero-order valence-electron chi connectivity index (χ0n) is 15.7. The quantitative estimate of drug-likeness (QED) is 0.472. The summed E-state index contributed by atoms with van der Waals surface area (Å²) >= 11 is 0. The summed E-state index contributed by atoms with van der Waals surface area (Å²) in [6.07, 6.45) is 4.66. The van der Waals surface area contributed by atoms with Gasteiger partial charge in [0.05, 0.1) is 17.1 Å². The molecule has 0 amide bonds. The Hall–Kier alpha value is -3.69. The SMILES string of the molecule is O=c1c2cccnc2cnn1Cc1nc(C2[C@H]3CN(c4ccnc(F)c4)C[C@@H]23)no1. The van der Waals surface area contributed by atoms with E-state index in [2.05, 4.69) is 30.1 Å². The summed E-state index contributed by atoms with van der Waals surface area (Å²) in [4.78, 5) is 27.0. The molecular weight excluding hydrogens is 389 g/mol. The number of pyridine rings is 2. The first-order chi connectivity index (χ1) is 14.7. The number of hydrogen-bond donors (Lipinski definition) is 0. The van der Waals surface area contributed by atoms with E-state index >= 15 is 0 Å². The number of piperidine rings is 1. The summed E-state index contributed by atoms with van der Waals surface area (Å²) in [6.45, 7) is 1.75. The van der Waals surface area contributed by atoms with Crippen LogP contribution >= 0.6 is 0 Å². The first-order valence-electron chi connectivity index (χ1n) is 9.67. The Labute approximate surface area is 169 Å². The smallest absolute Gasteiger partial charge is 0.276 e. The zero-order chi connectivity index (χ0) is 20.2. The minimum Gasteiger partial charge on any atom is -0.371 e. The lowest BCUT2D eigenvalue weighted by molar-refractivity contribution is 0.358. The summed E-state index contributed by atoms with van der Waals surface area (Å²) in [6, 6.07) is 6.71. The second-order valence-electron chi connectivity index (χ2n) is 7.69. The molecule has 0 radical (unpaired) electrons. The summed E-state index contributed by atoms with van der Waals surface area (Å²) < 4.78 is 20.0. The van der Waals surface area contributed by atoms with Crippen LogP contribution in [0, 0.1) is 17.8 Å². The molecule has 4 aromatic heterocycles. The highest BCUT2D eigenvalue weighted by atomic mass is 19.1. The standard InChI is InChI=1S/C20H16FN7O2/c21-16-6-11(3-5-23-16)27-8-13-14(9-27)18(13)19-25-17(30-26-19)10-28-20(29)12-2-1-4-22-15(12)7-24-28/h1-7,13-14,18H,8-10H2/t13-,14+,18?. The van der Waals surface area contributed by atoms with Crippen molar-refractivity contribution in [3.05, 3.63) is 70.9 Å². The largest absolute Gasteiger partial charge is 0.371 e. The molecule has 150 valence electrons. The normalized spacial score (nSPS) is 22.4. The summed E-state index contributed by atoms with van der Waals surface area (Å²) in [5, 5.41) is 8.78. The van der Waals surface area contributed by atoms with Crippen molar-refractivity contribution in [3.8, 4) is 0 Å². The fourth-order valence-corrected chi connectivity index (χ4v) is 4.43. The molecule has 1 saturated heterocycles. The Kier molecular flexibility index (Phi) is 3.67. The van der Waals surface area contributed by atoms with Gasteiger partial charge in [0.15, 0.2) is 5.82 Å². The second-order valence-corrected chi connectivity index (χ2v) is 7.69. The fraction of sp³-hybridized carbons (Fsp3) is 0.300. The Morgan fingerprint density at radius 3 is 2.87 bits per heavy atom. The first kappa shape index (κ1) is 17.2. The van der Waals surface area contributed by atoms with Crippen molar-refractivity contribution < 1.29 is 8.91 Å². The third-order valence-corrected chi connectivity index (χ3v) is 5.96. The van der Waals surface area contributed by atoms with Gasteiger partial charge in [-0.15, -0.1) is 0 Å². The van der Waals surface area contributed by atoms with Gasteiger partial charge >= 0.3 is 0 Å². The average molecular weight is 405 g/mol. The zero-order valence-corrected chi connectivity index (χ0v) is 15.7. The monoisotopic (exact) mass is 405 g/mol. The van der Waals surface area contributed by atoms with Gasteiger partial charge in [-0.25, -0.2) is 9.67 Å². The van der Waals surface area contributed by atoms with Crippen LogP contribution in [0.2, 0.25) is 0 Å². The molecule has 0 bridgehead atoms. The average Bonchev–Trinajstić information content (AvgIpc) is 3.10. The minimum atomic E-state index is -0.472. The van der Waals surface area contributed by atoms with Crippen molar-refractivity contribution in [1.82, 2.24) is 29.9 Å². The molecule has 5 heterocycles. The number of halogens is 1. The number of fused-ring (bicyclic) bond motifs is 2. The molecule has 10 heteroatoms. The Morgan fingerprint density at radius 1 is 1.17 bits per heavy atom. The Balaban J connectivity index is 1.16. The van der Waals surface area contributed by atoms with Gasteiger partial charge in [0.1, 0.15) is 6.54 Å². The highest BCUT2D eigenvalue weighted by molar-refractivity contribution is 5.75. The van der Waals surface area contributed by atoms with Gasteiger partial charge < -0.3 is 9.42 Å². The number of hydrogen-bond acceptors (Lipinski definition) is 8. The maximum Gasteiger partial charge on any atom is 0.276 e. The molecular formula is C20H16FN7O2. The summed E-state index contributed by atoms with van der Waals surface area (Å²) in [5.74, 6) is 1.60. The van der Waals surface area contributed by atoms with Crippen LogP contribution in [0.3, 0.4) is 0 Å². The fourth-order valence-electron chi connectivity index (χ4n) is 4.43. The Morgan fingerprint density at radius 2 is 2.03 bits per heavy atom. The van der Waals surface area contributed by atoms with Crippen molar-refractivity contribution in [2.24, 2.45) is 11.8 Å². The van der Waals surface area contributed by atoms with Crippen molar-refractivity contribution in [2.45, 2.75) is 12.5 Å². The van der Waals surface area contributed by atoms with Gasteiger partial charge in [-0.1, -0.05) is 5.16 Å². The van der Waals surface area contributed by atoms with E-state index in [-0.39, 0.29) is 18.0 Å². The van der Waals surface area contributed by atoms with E-state index in [1.807, 2.05) is 6.07 Å². The van der Waals surface area contributed by atoms with Gasteiger partial charge in [0, 0.05) is 43.2 Å². The molecule has 1 aliphatic heterocycles. The van der Waals surface area contributed by atoms with E-state index in [4.69, 9.17) is 4.52 Å². The van der Waals surface area contributed by atoms with Gasteiger partial charge in [-0.05, 0) is 30.0 Å². The topological polar surface area (TPSA) is 103 Å². The summed E-state index contributed by atoms with van der Waals surface area (Å²) in [5.41, 5.74) is 1.15. The van der Waals surface area contributed by atoms with Crippen LogP contribution in [-0.4, -0.2) is 43.0 Å². The molecule has 0 N–H and O–H groups in total. The van der Waals surface area contributed by atoms with Gasteiger partial charge in [0.25, 0.3) is 5.56 Å². The summed E-state index contributed by atoms with van der Waals surface area (Å²) in [7, 11) is 0. The molecule has 9 nitrogen and oxygen atoms in total. The van der Waals surface area contributed by atoms with Crippen molar-refractivity contribution >= 4 is 16.6 Å². The highest BCUT2D eigenvalue weighted by Gasteiger charge is 2.58. The van der Waals surface area contributed by atoms with Gasteiger partial charge in [-0.2, -0.15) is 14.5 Å². The third kappa shape index (κ3) is 2.75. The Bertz CT molecular complexity index is 1310. The van der Waals surface area contributed by atoms with Gasteiger partial charge in [-0.3, -0.25) is 9.78 Å². The lowest BCUT2D eigenvalue weighted by Crippen LogP contribution is -2.24. The number of anilines is 1. The van der Waals surface area contributed by atoms with Crippen LogP contribution in [0.15, 0.2) is 52.2 Å². The number of aromatic nitrogens is 6. The minimum absolute atomic E-state index is 0.112. The van der Waals surface area contributed by atoms with Crippen molar-refractivity contribution in [3.63, 3.8) is 0 Å². The van der Waals surface area contributed by atoms with Crippen molar-refractivity contribution in [1.29, 1.82) is 0 Å². The highest BCUT2D eigenvalue weighted by Crippen LogP contribution is 2.57. The molecule has 1 saturated carbocycles. The number of rotatable bonds is 4. The molecule has 1 aliphatic carbocycles. The van der Waals surface area contributed by atoms with E-state index < -0.39 is 5.95 Å². The van der Waals surface area contributed by atoms with E-state index in [1.165, 1.54) is 16.9 Å². The van der Waals surface area contributed by atoms with Crippen LogP contribution in [0.5, 0.6) is 0 Å². The molecule has 4 aromatic rings. The third-order valence-electron chi connectivity index (χ3n) is 5.96. The van der Waals surface area contributed by atoms with Crippen LogP contribution in [0.4, 0.5) is 10.1 Å². The molecule has 2 aliphatic rings. The van der Waals surface area contributed by atoms with Crippen LogP contribution < -0.4 is 10.5 Å². The van der Waals surface area contributed by atoms with E-state index in [1.54, 1.807) is 24.5 Å². The predicted molar refractivity (Wildman–Crippen MR) is 103 cm³/mol. The lowest BCUT2D eigenvalue weighted by Gasteiger charge is -2.21. The molecule has 2 fully saturated rings. The first-order valence-corrected chi connectivity index (χ1v) is 9.67. The van der Waals surface area contributed by atoms with Crippen molar-refractivity contribution in [2.75, 3.05) is 18.0 Å². The lowest BCUT2D eigenvalue weighted by atomic mass is 10.2. The van der Waals surface area contributed by atoms with E-state index in [0.29, 0.717) is 34.5 Å². The van der Waals surface area contributed by atoms with Crippen LogP contribution in [-0.2, 0) is 6.54 Å². The predicted octanol–water partition coefficient (Wildman–Crippen LogP) is 1.61. The maximum atomic E-state index is 13.4. The second kappa shape index (κ2) is 6.41. The molecule has 3 atom stereocenters. The van der Waals surface area contributed by atoms with Crippen LogP contribution in [0.25, 0.3) is 10.9 Å². The number of nitrogens with zero attached hydrogens (tertiary/aromatic N) is 7. The van der Waals surface area contributed by atoms with E-state index in [0.717, 1.165) is 18.8 Å². The molecule has 0 aromatic carbocycles. The molecule has 30 heavy (non-hydrogen) atoms. The van der Waals surface area contributed by atoms with Crippen LogP contribution in [0.1, 0.15) is 17.6 Å².